The van der Waals surface area contributed by atoms with Crippen LogP contribution < -0.4 is 5.73 Å². The molecule has 16 heavy (non-hydrogen) atoms. The molecule has 4 nitrogen and oxygen atoms in total. The van der Waals surface area contributed by atoms with Gasteiger partial charge in [0.05, 0.1) is 6.10 Å². The van der Waals surface area contributed by atoms with E-state index in [0.717, 1.165) is 19.3 Å². The summed E-state index contributed by atoms with van der Waals surface area (Å²) in [7, 11) is 0. The Labute approximate surface area is 97.8 Å². The van der Waals surface area contributed by atoms with Gasteiger partial charge in [-0.05, 0) is 19.3 Å². The van der Waals surface area contributed by atoms with E-state index in [1.165, 1.54) is 0 Å². The van der Waals surface area contributed by atoms with E-state index in [0.29, 0.717) is 19.5 Å². The Morgan fingerprint density at radius 1 is 1.50 bits per heavy atom. The second-order valence-electron chi connectivity index (χ2n) is 4.78. The van der Waals surface area contributed by atoms with Crippen LogP contribution in [-0.2, 0) is 4.79 Å². The second-order valence-corrected chi connectivity index (χ2v) is 4.78. The number of amides is 1. The van der Waals surface area contributed by atoms with E-state index in [1.54, 1.807) is 0 Å². The monoisotopic (exact) mass is 228 g/mol. The predicted molar refractivity (Wildman–Crippen MR) is 63.9 cm³/mol. The van der Waals surface area contributed by atoms with Crippen molar-refractivity contribution in [1.82, 2.24) is 4.90 Å². The van der Waals surface area contributed by atoms with Gasteiger partial charge in [-0.15, -0.1) is 0 Å². The van der Waals surface area contributed by atoms with Crippen LogP contribution in [0.25, 0.3) is 0 Å². The lowest BCUT2D eigenvalue weighted by atomic mass is 9.88. The normalized spacial score (nSPS) is 27.9. The zero-order valence-electron chi connectivity index (χ0n) is 10.4. The molecule has 1 amide bonds. The fourth-order valence-corrected chi connectivity index (χ4v) is 2.37. The molecule has 0 saturated carbocycles. The van der Waals surface area contributed by atoms with Crippen LogP contribution in [0.2, 0.25) is 0 Å². The fraction of sp³-hybridized carbons (Fsp3) is 0.917. The molecule has 0 aromatic heterocycles. The molecule has 0 aliphatic carbocycles. The van der Waals surface area contributed by atoms with Crippen LogP contribution >= 0.6 is 0 Å². The van der Waals surface area contributed by atoms with Crippen molar-refractivity contribution in [3.8, 4) is 0 Å². The van der Waals surface area contributed by atoms with Crippen LogP contribution in [0.3, 0.4) is 0 Å². The first kappa shape index (κ1) is 13.5. The summed E-state index contributed by atoms with van der Waals surface area (Å²) in [5.41, 5.74) is 5.94. The van der Waals surface area contributed by atoms with Crippen molar-refractivity contribution in [1.29, 1.82) is 0 Å². The third-order valence-corrected chi connectivity index (χ3v) is 3.29. The molecule has 3 N–H and O–H groups in total. The zero-order valence-corrected chi connectivity index (χ0v) is 10.4. The van der Waals surface area contributed by atoms with Crippen LogP contribution in [0.4, 0.5) is 0 Å². The number of carbonyl (C=O) groups is 1. The van der Waals surface area contributed by atoms with Gasteiger partial charge in [-0.2, -0.15) is 0 Å². The third kappa shape index (κ3) is 3.46. The van der Waals surface area contributed by atoms with Gasteiger partial charge in [0.15, 0.2) is 0 Å². The number of aliphatic hydroxyl groups is 1. The van der Waals surface area contributed by atoms with E-state index >= 15 is 0 Å². The molecule has 0 bridgehead atoms. The number of carbonyl (C=O) groups excluding carboxylic acids is 1. The van der Waals surface area contributed by atoms with E-state index in [2.05, 4.69) is 0 Å². The van der Waals surface area contributed by atoms with E-state index in [4.69, 9.17) is 5.73 Å². The summed E-state index contributed by atoms with van der Waals surface area (Å²) < 4.78 is 0. The Morgan fingerprint density at radius 2 is 2.19 bits per heavy atom. The van der Waals surface area contributed by atoms with E-state index in [1.807, 2.05) is 18.7 Å². The van der Waals surface area contributed by atoms with Crippen molar-refractivity contribution >= 4 is 5.91 Å². The fourth-order valence-electron chi connectivity index (χ4n) is 2.37. The summed E-state index contributed by atoms with van der Waals surface area (Å²) in [5, 5.41) is 9.84. The number of aliphatic hydroxyl groups excluding tert-OH is 1. The van der Waals surface area contributed by atoms with Crippen LogP contribution in [-0.4, -0.2) is 41.1 Å². The van der Waals surface area contributed by atoms with Crippen LogP contribution in [0.5, 0.6) is 0 Å². The first-order valence-corrected chi connectivity index (χ1v) is 6.29. The van der Waals surface area contributed by atoms with Gasteiger partial charge in [0.25, 0.3) is 0 Å². The van der Waals surface area contributed by atoms with Crippen LogP contribution in [0.15, 0.2) is 0 Å². The topological polar surface area (TPSA) is 66.6 Å². The first-order valence-electron chi connectivity index (χ1n) is 6.29. The SMILES string of the molecule is CCCC(=O)N1CC(N)CC(C(O)CC)C1. The van der Waals surface area contributed by atoms with Gasteiger partial charge in [-0.1, -0.05) is 13.8 Å². The molecular weight excluding hydrogens is 204 g/mol. The summed E-state index contributed by atoms with van der Waals surface area (Å²) in [6.45, 7) is 5.27. The molecule has 1 fully saturated rings. The molecule has 1 aliphatic heterocycles. The smallest absolute Gasteiger partial charge is 0.222 e. The average molecular weight is 228 g/mol. The minimum Gasteiger partial charge on any atom is -0.393 e. The van der Waals surface area contributed by atoms with E-state index in [-0.39, 0.29) is 24.0 Å². The van der Waals surface area contributed by atoms with Crippen LogP contribution in [0.1, 0.15) is 39.5 Å². The minimum absolute atomic E-state index is 0.0146. The molecule has 1 aliphatic rings. The third-order valence-electron chi connectivity index (χ3n) is 3.29. The maximum atomic E-state index is 11.8. The Morgan fingerprint density at radius 3 is 2.75 bits per heavy atom. The molecule has 0 aromatic rings. The van der Waals surface area contributed by atoms with Gasteiger partial charge < -0.3 is 15.7 Å². The highest BCUT2D eigenvalue weighted by Crippen LogP contribution is 2.21. The maximum absolute atomic E-state index is 11.8. The molecule has 0 aromatic carbocycles. The Hall–Kier alpha value is -0.610. The van der Waals surface area contributed by atoms with Crippen molar-refractivity contribution in [3.05, 3.63) is 0 Å². The van der Waals surface area contributed by atoms with Crippen molar-refractivity contribution in [2.24, 2.45) is 11.7 Å². The molecule has 3 unspecified atom stereocenters. The van der Waals surface area contributed by atoms with E-state index in [9.17, 15) is 9.90 Å². The van der Waals surface area contributed by atoms with Crippen molar-refractivity contribution in [2.45, 2.75) is 51.7 Å². The largest absolute Gasteiger partial charge is 0.393 e. The molecule has 1 rings (SSSR count). The highest BCUT2D eigenvalue weighted by Gasteiger charge is 2.30. The van der Waals surface area contributed by atoms with Gasteiger partial charge in [0.2, 0.25) is 5.91 Å². The summed E-state index contributed by atoms with van der Waals surface area (Å²) in [6.07, 6.45) is 2.67. The summed E-state index contributed by atoms with van der Waals surface area (Å²) in [5.74, 6) is 0.320. The number of nitrogens with zero attached hydrogens (tertiary/aromatic N) is 1. The number of nitrogens with two attached hydrogens (primary N) is 1. The van der Waals surface area contributed by atoms with Gasteiger partial charge in [-0.25, -0.2) is 0 Å². The number of hydrogen-bond acceptors (Lipinski definition) is 3. The number of rotatable bonds is 4. The standard InChI is InChI=1S/C12H24N2O2/c1-3-5-12(16)14-7-9(11(15)4-2)6-10(13)8-14/h9-11,15H,3-8,13H2,1-2H3. The lowest BCUT2D eigenvalue weighted by molar-refractivity contribution is -0.134. The Balaban J connectivity index is 2.56. The summed E-state index contributed by atoms with van der Waals surface area (Å²) >= 11 is 0. The van der Waals surface area contributed by atoms with Gasteiger partial charge >= 0.3 is 0 Å². The quantitative estimate of drug-likeness (QED) is 0.745. The molecule has 4 heteroatoms. The Kier molecular flexibility index (Phi) is 5.22. The number of piperidine rings is 1. The highest BCUT2D eigenvalue weighted by atomic mass is 16.3. The molecule has 1 heterocycles. The molecule has 1 saturated heterocycles. The highest BCUT2D eigenvalue weighted by molar-refractivity contribution is 5.76. The number of likely N-dealkylation sites (tertiary alicyclic amines) is 1. The molecule has 0 spiro atoms. The van der Waals surface area contributed by atoms with Gasteiger partial charge in [0.1, 0.15) is 0 Å². The first-order chi connectivity index (χ1) is 7.58. The summed E-state index contributed by atoms with van der Waals surface area (Å²) in [4.78, 5) is 13.6. The lowest BCUT2D eigenvalue weighted by Gasteiger charge is -2.38. The van der Waals surface area contributed by atoms with Crippen molar-refractivity contribution < 1.29 is 9.90 Å². The predicted octanol–water partition coefficient (Wildman–Crippen LogP) is 0.733. The summed E-state index contributed by atoms with van der Waals surface area (Å²) in [6, 6.07) is 0.0146. The average Bonchev–Trinajstić information content (AvgIpc) is 2.27. The Bertz CT molecular complexity index is 233. The van der Waals surface area contributed by atoms with Crippen molar-refractivity contribution in [2.75, 3.05) is 13.1 Å². The molecule has 3 atom stereocenters. The molecule has 94 valence electrons. The number of hydrogen-bond donors (Lipinski definition) is 2. The minimum atomic E-state index is -0.330. The van der Waals surface area contributed by atoms with Gasteiger partial charge in [-0.3, -0.25) is 4.79 Å². The molecular formula is C12H24N2O2. The lowest BCUT2D eigenvalue weighted by Crippen LogP contribution is -2.51. The van der Waals surface area contributed by atoms with Gasteiger partial charge in [0, 0.05) is 31.5 Å². The van der Waals surface area contributed by atoms with Crippen LogP contribution in [0, 0.1) is 5.92 Å². The molecule has 0 radical (unpaired) electrons. The van der Waals surface area contributed by atoms with E-state index < -0.39 is 0 Å². The maximum Gasteiger partial charge on any atom is 0.222 e. The van der Waals surface area contributed by atoms with Crippen molar-refractivity contribution in [3.63, 3.8) is 0 Å². The zero-order chi connectivity index (χ0) is 12.1. The second kappa shape index (κ2) is 6.21.